The van der Waals surface area contributed by atoms with Gasteiger partial charge in [-0.05, 0) is 24.7 Å². The fraction of sp³-hybridized carbons (Fsp3) is 0.857. The molecule has 0 aliphatic heterocycles. The summed E-state index contributed by atoms with van der Waals surface area (Å²) < 4.78 is 0. The maximum absolute atomic E-state index is 11.9. The highest BCUT2D eigenvalue weighted by Crippen LogP contribution is 2.22. The summed E-state index contributed by atoms with van der Waals surface area (Å²) in [5.41, 5.74) is -0.0131. The topological polar surface area (TPSA) is 78.4 Å². The molecule has 1 saturated carbocycles. The monoisotopic (exact) mass is 270 g/mol. The lowest BCUT2D eigenvalue weighted by molar-refractivity contribution is -0.137. The lowest BCUT2D eigenvalue weighted by Gasteiger charge is -2.26. The minimum absolute atomic E-state index is 0.0131. The van der Waals surface area contributed by atoms with Gasteiger partial charge in [0.05, 0.1) is 6.42 Å². The molecular formula is C14H26N2O3. The molecule has 1 aliphatic carbocycles. The predicted molar refractivity (Wildman–Crippen MR) is 74.0 cm³/mol. The van der Waals surface area contributed by atoms with Gasteiger partial charge in [-0.2, -0.15) is 0 Å². The van der Waals surface area contributed by atoms with Crippen molar-refractivity contribution in [2.24, 2.45) is 5.41 Å². The van der Waals surface area contributed by atoms with Gasteiger partial charge in [-0.15, -0.1) is 0 Å². The zero-order chi connectivity index (χ0) is 14.5. The second-order valence-corrected chi connectivity index (χ2v) is 6.66. The summed E-state index contributed by atoms with van der Waals surface area (Å²) in [5, 5.41) is 14.6. The number of aliphatic carboxylic acids is 1. The van der Waals surface area contributed by atoms with Crippen molar-refractivity contribution in [3.63, 3.8) is 0 Å². The van der Waals surface area contributed by atoms with Crippen LogP contribution in [-0.2, 0) is 4.79 Å². The minimum Gasteiger partial charge on any atom is -0.481 e. The van der Waals surface area contributed by atoms with E-state index in [1.54, 1.807) is 0 Å². The normalized spacial score (nSPS) is 18.1. The molecule has 5 nitrogen and oxygen atoms in total. The number of amides is 2. The second kappa shape index (κ2) is 6.78. The number of carbonyl (C=O) groups is 2. The highest BCUT2D eigenvalue weighted by Gasteiger charge is 2.24. The van der Waals surface area contributed by atoms with Crippen LogP contribution < -0.4 is 10.6 Å². The first-order valence-electron chi connectivity index (χ1n) is 7.05. The van der Waals surface area contributed by atoms with Crippen molar-refractivity contribution in [2.45, 2.75) is 71.4 Å². The van der Waals surface area contributed by atoms with E-state index in [1.165, 1.54) is 0 Å². The predicted octanol–water partition coefficient (Wildman–Crippen LogP) is 2.51. The molecule has 0 bridgehead atoms. The van der Waals surface area contributed by atoms with Gasteiger partial charge in [0.15, 0.2) is 0 Å². The van der Waals surface area contributed by atoms with Gasteiger partial charge in [0, 0.05) is 12.1 Å². The van der Waals surface area contributed by atoms with Gasteiger partial charge < -0.3 is 15.7 Å². The van der Waals surface area contributed by atoms with E-state index >= 15 is 0 Å². The first-order chi connectivity index (χ1) is 8.76. The summed E-state index contributed by atoms with van der Waals surface area (Å²) in [7, 11) is 0. The van der Waals surface area contributed by atoms with Crippen LogP contribution >= 0.6 is 0 Å². The van der Waals surface area contributed by atoms with E-state index in [-0.39, 0.29) is 30.0 Å². The summed E-state index contributed by atoms with van der Waals surface area (Å²) in [4.78, 5) is 22.7. The number of rotatable bonds is 5. The Bertz CT molecular complexity index is 317. The number of urea groups is 1. The smallest absolute Gasteiger partial charge is 0.315 e. The van der Waals surface area contributed by atoms with Gasteiger partial charge in [0.2, 0.25) is 0 Å². The molecule has 2 amide bonds. The Morgan fingerprint density at radius 2 is 1.84 bits per heavy atom. The molecular weight excluding hydrogens is 244 g/mol. The van der Waals surface area contributed by atoms with Crippen molar-refractivity contribution in [2.75, 3.05) is 0 Å². The third-order valence-corrected chi connectivity index (χ3v) is 3.31. The van der Waals surface area contributed by atoms with Crippen molar-refractivity contribution >= 4 is 12.0 Å². The second-order valence-electron chi connectivity index (χ2n) is 6.66. The number of hydrogen-bond acceptors (Lipinski definition) is 2. The standard InChI is InChI=1S/C14H26N2O3/c1-14(2,3)9-11(8-12(17)18)16-13(19)15-10-6-4-5-7-10/h10-11H,4-9H2,1-3H3,(H,17,18)(H2,15,16,19). The molecule has 110 valence electrons. The fourth-order valence-electron chi connectivity index (χ4n) is 2.61. The lowest BCUT2D eigenvalue weighted by atomic mass is 9.87. The van der Waals surface area contributed by atoms with Crippen molar-refractivity contribution in [1.29, 1.82) is 0 Å². The van der Waals surface area contributed by atoms with E-state index in [1.807, 2.05) is 20.8 Å². The Balaban J connectivity index is 2.45. The first-order valence-corrected chi connectivity index (χ1v) is 7.05. The van der Waals surface area contributed by atoms with E-state index in [2.05, 4.69) is 10.6 Å². The number of carbonyl (C=O) groups excluding carboxylic acids is 1. The van der Waals surface area contributed by atoms with Crippen LogP contribution in [0.3, 0.4) is 0 Å². The van der Waals surface area contributed by atoms with E-state index in [4.69, 9.17) is 5.11 Å². The number of nitrogens with one attached hydrogen (secondary N) is 2. The van der Waals surface area contributed by atoms with Gasteiger partial charge in [0.1, 0.15) is 0 Å². The van der Waals surface area contributed by atoms with Crippen LogP contribution in [0, 0.1) is 5.41 Å². The van der Waals surface area contributed by atoms with Crippen molar-refractivity contribution in [1.82, 2.24) is 10.6 Å². The van der Waals surface area contributed by atoms with Gasteiger partial charge in [0.25, 0.3) is 0 Å². The molecule has 5 heteroatoms. The molecule has 1 aliphatic rings. The molecule has 1 rings (SSSR count). The summed E-state index contributed by atoms with van der Waals surface area (Å²) in [6.07, 6.45) is 4.98. The molecule has 0 heterocycles. The third kappa shape index (κ3) is 7.03. The molecule has 1 unspecified atom stereocenters. The first kappa shape index (κ1) is 15.8. The zero-order valence-electron chi connectivity index (χ0n) is 12.2. The Morgan fingerprint density at radius 3 is 2.32 bits per heavy atom. The fourth-order valence-corrected chi connectivity index (χ4v) is 2.61. The van der Waals surface area contributed by atoms with Crippen LogP contribution in [0.1, 0.15) is 59.3 Å². The number of carboxylic acids is 1. The number of hydrogen-bond donors (Lipinski definition) is 3. The molecule has 0 saturated heterocycles. The van der Waals surface area contributed by atoms with Crippen LogP contribution in [0.15, 0.2) is 0 Å². The summed E-state index contributed by atoms with van der Waals surface area (Å²) in [5.74, 6) is -0.879. The van der Waals surface area contributed by atoms with E-state index in [9.17, 15) is 9.59 Å². The van der Waals surface area contributed by atoms with Crippen molar-refractivity contribution in [3.05, 3.63) is 0 Å². The largest absolute Gasteiger partial charge is 0.481 e. The summed E-state index contributed by atoms with van der Waals surface area (Å²) in [6.45, 7) is 6.12. The van der Waals surface area contributed by atoms with Gasteiger partial charge >= 0.3 is 12.0 Å². The van der Waals surface area contributed by atoms with Gasteiger partial charge in [-0.1, -0.05) is 33.6 Å². The van der Waals surface area contributed by atoms with E-state index < -0.39 is 5.97 Å². The summed E-state index contributed by atoms with van der Waals surface area (Å²) in [6, 6.07) is -0.304. The molecule has 3 N–H and O–H groups in total. The molecule has 0 aromatic rings. The Labute approximate surface area is 115 Å². The molecule has 0 aromatic carbocycles. The highest BCUT2D eigenvalue weighted by atomic mass is 16.4. The molecule has 1 atom stereocenters. The SMILES string of the molecule is CC(C)(C)CC(CC(=O)O)NC(=O)NC1CCCC1. The molecule has 0 spiro atoms. The lowest BCUT2D eigenvalue weighted by Crippen LogP contribution is -2.47. The Hall–Kier alpha value is -1.26. The third-order valence-electron chi connectivity index (χ3n) is 3.31. The molecule has 19 heavy (non-hydrogen) atoms. The van der Waals surface area contributed by atoms with Crippen LogP contribution in [-0.4, -0.2) is 29.2 Å². The molecule has 0 aromatic heterocycles. The van der Waals surface area contributed by atoms with Gasteiger partial charge in [-0.25, -0.2) is 4.79 Å². The van der Waals surface area contributed by atoms with E-state index in [0.717, 1.165) is 25.7 Å². The quantitative estimate of drug-likeness (QED) is 0.718. The maximum atomic E-state index is 11.9. The van der Waals surface area contributed by atoms with Crippen LogP contribution in [0.2, 0.25) is 0 Å². The van der Waals surface area contributed by atoms with Crippen molar-refractivity contribution < 1.29 is 14.7 Å². The van der Waals surface area contributed by atoms with E-state index in [0.29, 0.717) is 6.42 Å². The number of carboxylic acid groups (broad SMARTS) is 1. The summed E-state index contributed by atoms with van der Waals surface area (Å²) >= 11 is 0. The van der Waals surface area contributed by atoms with Crippen LogP contribution in [0.25, 0.3) is 0 Å². The van der Waals surface area contributed by atoms with Crippen molar-refractivity contribution in [3.8, 4) is 0 Å². The Kier molecular flexibility index (Phi) is 5.63. The Morgan fingerprint density at radius 1 is 1.26 bits per heavy atom. The molecule has 0 radical (unpaired) electrons. The average Bonchev–Trinajstić information content (AvgIpc) is 2.65. The van der Waals surface area contributed by atoms with Crippen LogP contribution in [0.4, 0.5) is 4.79 Å². The maximum Gasteiger partial charge on any atom is 0.315 e. The average molecular weight is 270 g/mol. The zero-order valence-corrected chi connectivity index (χ0v) is 12.2. The highest BCUT2D eigenvalue weighted by molar-refractivity contribution is 5.76. The molecule has 1 fully saturated rings. The van der Waals surface area contributed by atoms with Crippen LogP contribution in [0.5, 0.6) is 0 Å². The van der Waals surface area contributed by atoms with Gasteiger partial charge in [-0.3, -0.25) is 4.79 Å². The minimum atomic E-state index is -0.879.